The fourth-order valence-electron chi connectivity index (χ4n) is 0.618. The van der Waals surface area contributed by atoms with Gasteiger partial charge in [0.05, 0.1) is 6.61 Å². The molecule has 0 rings (SSSR count). The minimum absolute atomic E-state index is 0.149. The monoisotopic (exact) mass is 192 g/mol. The van der Waals surface area contributed by atoms with E-state index in [9.17, 15) is 0 Å². The van der Waals surface area contributed by atoms with Gasteiger partial charge in [-0.05, 0) is 6.42 Å². The van der Waals surface area contributed by atoms with Crippen molar-refractivity contribution in [2.24, 2.45) is 5.73 Å². The largest absolute Gasteiger partial charge is 0.385 e. The van der Waals surface area contributed by atoms with Crippen LogP contribution in [0.15, 0.2) is 0 Å². The van der Waals surface area contributed by atoms with Crippen LogP contribution < -0.4 is 5.73 Å². The van der Waals surface area contributed by atoms with Crippen LogP contribution in [0.3, 0.4) is 0 Å². The maximum Gasteiger partial charge on any atom is 0.151 e. The van der Waals surface area contributed by atoms with Gasteiger partial charge in [-0.1, -0.05) is 11.8 Å². The molecule has 0 aromatic rings. The lowest BCUT2D eigenvalue weighted by atomic mass is 10.5. The molecule has 0 saturated heterocycles. The van der Waals surface area contributed by atoms with E-state index in [0.29, 0.717) is 13.2 Å². The molecule has 0 radical (unpaired) electrons. The van der Waals surface area contributed by atoms with Crippen LogP contribution >= 0.6 is 11.8 Å². The Hall–Kier alpha value is -0.260. The van der Waals surface area contributed by atoms with Crippen molar-refractivity contribution in [2.75, 3.05) is 32.7 Å². The van der Waals surface area contributed by atoms with Crippen molar-refractivity contribution >= 4 is 16.9 Å². The summed E-state index contributed by atoms with van der Waals surface area (Å²) in [5, 5.41) is 7.05. The van der Waals surface area contributed by atoms with Crippen LogP contribution in [0.5, 0.6) is 0 Å². The third kappa shape index (κ3) is 9.74. The van der Waals surface area contributed by atoms with E-state index in [1.807, 2.05) is 0 Å². The molecule has 0 aliphatic rings. The summed E-state index contributed by atoms with van der Waals surface area (Å²) >= 11 is 1.30. The third-order valence-electron chi connectivity index (χ3n) is 1.12. The minimum atomic E-state index is 0.149. The number of nitrogens with two attached hydrogens (primary N) is 1. The fourth-order valence-corrected chi connectivity index (χ4v) is 1.04. The van der Waals surface area contributed by atoms with Gasteiger partial charge >= 0.3 is 0 Å². The molecule has 5 heteroatoms. The summed E-state index contributed by atoms with van der Waals surface area (Å²) in [6.45, 7) is 2.10. The molecule has 0 saturated carbocycles. The summed E-state index contributed by atoms with van der Waals surface area (Å²) in [5.41, 5.74) is 5.13. The summed E-state index contributed by atoms with van der Waals surface area (Å²) in [6.07, 6.45) is 0.918. The van der Waals surface area contributed by atoms with Crippen LogP contribution in [0.25, 0.3) is 0 Å². The Labute approximate surface area is 77.3 Å². The van der Waals surface area contributed by atoms with Gasteiger partial charge in [-0.3, -0.25) is 5.41 Å². The van der Waals surface area contributed by atoms with Crippen LogP contribution in [0.1, 0.15) is 6.42 Å². The van der Waals surface area contributed by atoms with Crippen molar-refractivity contribution in [3.63, 3.8) is 0 Å². The molecule has 0 aromatic heterocycles. The van der Waals surface area contributed by atoms with Crippen LogP contribution in [0.4, 0.5) is 0 Å². The topological polar surface area (TPSA) is 68.3 Å². The van der Waals surface area contributed by atoms with Gasteiger partial charge < -0.3 is 15.2 Å². The summed E-state index contributed by atoms with van der Waals surface area (Å²) < 4.78 is 10.1. The molecule has 12 heavy (non-hydrogen) atoms. The van der Waals surface area contributed by atoms with Crippen molar-refractivity contribution in [2.45, 2.75) is 6.42 Å². The van der Waals surface area contributed by atoms with Gasteiger partial charge in [0.15, 0.2) is 5.17 Å². The van der Waals surface area contributed by atoms with Crippen molar-refractivity contribution in [1.29, 1.82) is 5.41 Å². The van der Waals surface area contributed by atoms with Gasteiger partial charge in [0.25, 0.3) is 0 Å². The van der Waals surface area contributed by atoms with E-state index in [2.05, 4.69) is 0 Å². The molecule has 0 atom stereocenters. The Morgan fingerprint density at radius 1 is 1.42 bits per heavy atom. The van der Waals surface area contributed by atoms with Crippen molar-refractivity contribution in [3.8, 4) is 0 Å². The SMILES string of the molecule is COCCCOCCSC(=N)N. The lowest BCUT2D eigenvalue weighted by Crippen LogP contribution is -2.08. The van der Waals surface area contributed by atoms with Crippen LogP contribution in [0, 0.1) is 5.41 Å². The molecule has 0 bridgehead atoms. The first-order valence-corrected chi connectivity index (χ1v) is 4.79. The highest BCUT2D eigenvalue weighted by atomic mass is 32.2. The second-order valence-corrected chi connectivity index (χ2v) is 3.31. The standard InChI is InChI=1S/C7H16N2O2S/c1-10-3-2-4-11-5-6-12-7(8)9/h2-6H2,1H3,(H3,8,9). The van der Waals surface area contributed by atoms with E-state index in [4.69, 9.17) is 20.6 Å². The molecule has 0 heterocycles. The van der Waals surface area contributed by atoms with E-state index < -0.39 is 0 Å². The number of rotatable bonds is 7. The minimum Gasteiger partial charge on any atom is -0.385 e. The number of nitrogens with one attached hydrogen (secondary N) is 1. The first kappa shape index (κ1) is 11.7. The zero-order valence-electron chi connectivity index (χ0n) is 7.34. The highest BCUT2D eigenvalue weighted by molar-refractivity contribution is 8.13. The number of hydrogen-bond donors (Lipinski definition) is 2. The van der Waals surface area contributed by atoms with Gasteiger partial charge in [-0.25, -0.2) is 0 Å². The molecule has 0 aromatic carbocycles. The van der Waals surface area contributed by atoms with Crippen LogP contribution in [0.2, 0.25) is 0 Å². The fraction of sp³-hybridized carbons (Fsp3) is 0.857. The van der Waals surface area contributed by atoms with Crippen molar-refractivity contribution < 1.29 is 9.47 Å². The predicted octanol–water partition coefficient (Wildman–Crippen LogP) is 0.666. The van der Waals surface area contributed by atoms with E-state index in [-0.39, 0.29) is 5.17 Å². The average Bonchev–Trinajstić information content (AvgIpc) is 2.02. The summed E-state index contributed by atoms with van der Waals surface area (Å²) in [6, 6.07) is 0. The van der Waals surface area contributed by atoms with E-state index in [0.717, 1.165) is 18.8 Å². The number of methoxy groups -OCH3 is 1. The van der Waals surface area contributed by atoms with E-state index >= 15 is 0 Å². The second-order valence-electron chi connectivity index (χ2n) is 2.17. The summed E-state index contributed by atoms with van der Waals surface area (Å²) in [4.78, 5) is 0. The molecular weight excluding hydrogens is 176 g/mol. The smallest absolute Gasteiger partial charge is 0.151 e. The summed E-state index contributed by atoms with van der Waals surface area (Å²) in [5.74, 6) is 0.752. The van der Waals surface area contributed by atoms with Crippen molar-refractivity contribution in [3.05, 3.63) is 0 Å². The maximum atomic E-state index is 6.91. The number of hydrogen-bond acceptors (Lipinski definition) is 4. The highest BCUT2D eigenvalue weighted by Gasteiger charge is 1.91. The number of thioether (sulfide) groups is 1. The second kappa shape index (κ2) is 8.83. The summed E-state index contributed by atoms with van der Waals surface area (Å²) in [7, 11) is 1.67. The molecular formula is C7H16N2O2S. The molecule has 3 N–H and O–H groups in total. The molecule has 0 aliphatic carbocycles. The molecule has 0 fully saturated rings. The quantitative estimate of drug-likeness (QED) is 0.353. The molecule has 0 aliphatic heterocycles. The number of ether oxygens (including phenoxy) is 2. The molecule has 0 unspecified atom stereocenters. The van der Waals surface area contributed by atoms with E-state index in [1.165, 1.54) is 11.8 Å². The molecule has 0 amide bonds. The Bertz CT molecular complexity index is 122. The van der Waals surface area contributed by atoms with Gasteiger partial charge in [-0.15, -0.1) is 0 Å². The first-order valence-electron chi connectivity index (χ1n) is 3.81. The molecule has 0 spiro atoms. The Morgan fingerprint density at radius 2 is 2.17 bits per heavy atom. The average molecular weight is 192 g/mol. The third-order valence-corrected chi connectivity index (χ3v) is 1.80. The zero-order valence-corrected chi connectivity index (χ0v) is 8.15. The van der Waals surface area contributed by atoms with Crippen LogP contribution in [-0.4, -0.2) is 37.9 Å². The van der Waals surface area contributed by atoms with E-state index in [1.54, 1.807) is 7.11 Å². The van der Waals surface area contributed by atoms with Gasteiger partial charge in [-0.2, -0.15) is 0 Å². The first-order chi connectivity index (χ1) is 5.77. The Morgan fingerprint density at radius 3 is 2.75 bits per heavy atom. The predicted molar refractivity (Wildman–Crippen MR) is 51.7 cm³/mol. The lowest BCUT2D eigenvalue weighted by molar-refractivity contribution is 0.113. The van der Waals surface area contributed by atoms with Gasteiger partial charge in [0, 0.05) is 26.1 Å². The number of amidine groups is 1. The molecule has 4 nitrogen and oxygen atoms in total. The van der Waals surface area contributed by atoms with Crippen molar-refractivity contribution in [1.82, 2.24) is 0 Å². The maximum absolute atomic E-state index is 6.91. The lowest BCUT2D eigenvalue weighted by Gasteiger charge is -2.02. The zero-order chi connectivity index (χ0) is 9.23. The van der Waals surface area contributed by atoms with Gasteiger partial charge in [0.2, 0.25) is 0 Å². The van der Waals surface area contributed by atoms with Gasteiger partial charge in [0.1, 0.15) is 0 Å². The highest BCUT2D eigenvalue weighted by Crippen LogP contribution is 1.96. The Kier molecular flexibility index (Phi) is 8.64. The Balaban J connectivity index is 2.86. The normalized spacial score (nSPS) is 10.1. The van der Waals surface area contributed by atoms with Crippen LogP contribution in [-0.2, 0) is 9.47 Å². The molecule has 72 valence electrons.